The minimum atomic E-state index is 0.0138. The lowest BCUT2D eigenvalue weighted by Crippen LogP contribution is -2.35. The van der Waals surface area contributed by atoms with E-state index in [2.05, 4.69) is 17.2 Å². The van der Waals surface area contributed by atoms with E-state index in [0.717, 1.165) is 0 Å². The number of hydrogen-bond acceptors (Lipinski definition) is 2. The molecule has 0 saturated heterocycles. The summed E-state index contributed by atoms with van der Waals surface area (Å²) < 4.78 is 0. The summed E-state index contributed by atoms with van der Waals surface area (Å²) in [7, 11) is 0. The van der Waals surface area contributed by atoms with E-state index in [-0.39, 0.29) is 11.8 Å². The number of carbonyl (C=O) groups is 2. The van der Waals surface area contributed by atoms with Crippen LogP contribution < -0.4 is 10.6 Å². The van der Waals surface area contributed by atoms with E-state index in [1.54, 1.807) is 6.08 Å². The highest BCUT2D eigenvalue weighted by Crippen LogP contribution is 2.27. The molecule has 4 heteroatoms. The highest BCUT2D eigenvalue weighted by atomic mass is 16.2. The molecule has 18 heavy (non-hydrogen) atoms. The van der Waals surface area contributed by atoms with Crippen LogP contribution in [0.25, 0.3) is 0 Å². The minimum Gasteiger partial charge on any atom is -0.354 e. The third-order valence-corrected chi connectivity index (χ3v) is 3.29. The first-order valence-corrected chi connectivity index (χ1v) is 6.86. The number of rotatable bonds is 8. The zero-order valence-corrected chi connectivity index (χ0v) is 11.0. The molecule has 2 amide bonds. The molecule has 0 radical (unpaired) electrons. The first kappa shape index (κ1) is 14.7. The van der Waals surface area contributed by atoms with Gasteiger partial charge in [-0.15, -0.1) is 6.58 Å². The number of hydrogen-bond donors (Lipinski definition) is 2. The fraction of sp³-hybridized carbons (Fsp3) is 0.714. The van der Waals surface area contributed by atoms with Gasteiger partial charge in [-0.1, -0.05) is 18.9 Å². The SMILES string of the molecule is C=CCCC(=O)NCCNC(=O)CC1CCCC1. The summed E-state index contributed by atoms with van der Waals surface area (Å²) in [6.07, 6.45) is 8.43. The van der Waals surface area contributed by atoms with Crippen molar-refractivity contribution in [3.05, 3.63) is 12.7 Å². The van der Waals surface area contributed by atoms with Gasteiger partial charge in [0.25, 0.3) is 0 Å². The van der Waals surface area contributed by atoms with Gasteiger partial charge in [-0.25, -0.2) is 0 Å². The smallest absolute Gasteiger partial charge is 0.220 e. The van der Waals surface area contributed by atoms with Crippen molar-refractivity contribution >= 4 is 11.8 Å². The van der Waals surface area contributed by atoms with E-state index in [9.17, 15) is 9.59 Å². The van der Waals surface area contributed by atoms with Gasteiger partial charge in [-0.05, 0) is 25.2 Å². The second kappa shape index (κ2) is 8.72. The van der Waals surface area contributed by atoms with Gasteiger partial charge in [0.05, 0.1) is 0 Å². The summed E-state index contributed by atoms with van der Waals surface area (Å²) in [6, 6.07) is 0. The van der Waals surface area contributed by atoms with E-state index in [4.69, 9.17) is 0 Å². The topological polar surface area (TPSA) is 58.2 Å². The van der Waals surface area contributed by atoms with E-state index in [1.807, 2.05) is 0 Å². The summed E-state index contributed by atoms with van der Waals surface area (Å²) in [4.78, 5) is 22.8. The molecule has 0 aromatic rings. The highest BCUT2D eigenvalue weighted by molar-refractivity contribution is 5.77. The van der Waals surface area contributed by atoms with Crippen LogP contribution in [0.1, 0.15) is 44.9 Å². The summed E-state index contributed by atoms with van der Waals surface area (Å²) in [5, 5.41) is 5.61. The van der Waals surface area contributed by atoms with Gasteiger partial charge in [-0.3, -0.25) is 9.59 Å². The molecule has 2 N–H and O–H groups in total. The summed E-state index contributed by atoms with van der Waals surface area (Å²) in [6.45, 7) is 4.59. The van der Waals surface area contributed by atoms with Crippen LogP contribution >= 0.6 is 0 Å². The van der Waals surface area contributed by atoms with Gasteiger partial charge < -0.3 is 10.6 Å². The van der Waals surface area contributed by atoms with Crippen LogP contribution in [0.4, 0.5) is 0 Å². The molecule has 0 spiro atoms. The van der Waals surface area contributed by atoms with Crippen LogP contribution in [0.3, 0.4) is 0 Å². The summed E-state index contributed by atoms with van der Waals surface area (Å²) in [5.74, 6) is 0.703. The largest absolute Gasteiger partial charge is 0.354 e. The number of carbonyl (C=O) groups excluding carboxylic acids is 2. The Morgan fingerprint density at radius 1 is 1.11 bits per heavy atom. The number of allylic oxidation sites excluding steroid dienone is 1. The Morgan fingerprint density at radius 2 is 1.72 bits per heavy atom. The van der Waals surface area contributed by atoms with Gasteiger partial charge in [0.15, 0.2) is 0 Å². The molecule has 0 atom stereocenters. The van der Waals surface area contributed by atoms with Crippen molar-refractivity contribution in [3.8, 4) is 0 Å². The zero-order chi connectivity index (χ0) is 13.2. The van der Waals surface area contributed by atoms with Gasteiger partial charge in [0.2, 0.25) is 11.8 Å². The van der Waals surface area contributed by atoms with Crippen LogP contribution in [-0.2, 0) is 9.59 Å². The minimum absolute atomic E-state index is 0.0138. The maximum atomic E-state index is 11.6. The molecule has 1 fully saturated rings. The van der Waals surface area contributed by atoms with Gasteiger partial charge in [0.1, 0.15) is 0 Å². The van der Waals surface area contributed by atoms with E-state index < -0.39 is 0 Å². The first-order valence-electron chi connectivity index (χ1n) is 6.86. The Bertz CT molecular complexity index is 284. The van der Waals surface area contributed by atoms with Gasteiger partial charge >= 0.3 is 0 Å². The van der Waals surface area contributed by atoms with E-state index in [1.165, 1.54) is 25.7 Å². The lowest BCUT2D eigenvalue weighted by atomic mass is 10.0. The Labute approximate surface area is 109 Å². The van der Waals surface area contributed by atoms with Crippen LogP contribution in [0.15, 0.2) is 12.7 Å². The van der Waals surface area contributed by atoms with Crippen molar-refractivity contribution in [2.24, 2.45) is 5.92 Å². The predicted molar refractivity (Wildman–Crippen MR) is 72.0 cm³/mol. The molecule has 0 aromatic heterocycles. The maximum absolute atomic E-state index is 11.6. The summed E-state index contributed by atoms with van der Waals surface area (Å²) in [5.41, 5.74) is 0. The normalized spacial score (nSPS) is 15.3. The Morgan fingerprint density at radius 3 is 2.33 bits per heavy atom. The molecular formula is C14H24N2O2. The lowest BCUT2D eigenvalue weighted by Gasteiger charge is -2.10. The van der Waals surface area contributed by atoms with Gasteiger partial charge in [-0.2, -0.15) is 0 Å². The lowest BCUT2D eigenvalue weighted by molar-refractivity contribution is -0.123. The third-order valence-electron chi connectivity index (χ3n) is 3.29. The van der Waals surface area contributed by atoms with Crippen molar-refractivity contribution in [3.63, 3.8) is 0 Å². The maximum Gasteiger partial charge on any atom is 0.220 e. The average molecular weight is 252 g/mol. The number of nitrogens with one attached hydrogen (secondary N) is 2. The average Bonchev–Trinajstić information content (AvgIpc) is 2.85. The Hall–Kier alpha value is -1.32. The van der Waals surface area contributed by atoms with E-state index >= 15 is 0 Å². The molecule has 4 nitrogen and oxygen atoms in total. The van der Waals surface area contributed by atoms with Crippen molar-refractivity contribution in [1.29, 1.82) is 0 Å². The van der Waals surface area contributed by atoms with Crippen LogP contribution in [0.2, 0.25) is 0 Å². The van der Waals surface area contributed by atoms with Crippen LogP contribution in [-0.4, -0.2) is 24.9 Å². The molecule has 102 valence electrons. The van der Waals surface area contributed by atoms with Crippen molar-refractivity contribution in [2.75, 3.05) is 13.1 Å². The second-order valence-corrected chi connectivity index (χ2v) is 4.88. The molecule has 0 aromatic carbocycles. The Kier molecular flexibility index (Phi) is 7.14. The molecule has 1 saturated carbocycles. The van der Waals surface area contributed by atoms with Crippen molar-refractivity contribution in [1.82, 2.24) is 10.6 Å². The number of amides is 2. The molecule has 0 unspecified atom stereocenters. The van der Waals surface area contributed by atoms with Gasteiger partial charge in [0, 0.05) is 25.9 Å². The van der Waals surface area contributed by atoms with E-state index in [0.29, 0.717) is 38.3 Å². The molecule has 0 bridgehead atoms. The fourth-order valence-electron chi connectivity index (χ4n) is 2.27. The highest BCUT2D eigenvalue weighted by Gasteiger charge is 2.17. The monoisotopic (exact) mass is 252 g/mol. The van der Waals surface area contributed by atoms with Crippen LogP contribution in [0, 0.1) is 5.92 Å². The molecule has 1 aliphatic rings. The zero-order valence-electron chi connectivity index (χ0n) is 11.0. The molecular weight excluding hydrogens is 228 g/mol. The van der Waals surface area contributed by atoms with Crippen molar-refractivity contribution < 1.29 is 9.59 Å². The summed E-state index contributed by atoms with van der Waals surface area (Å²) >= 11 is 0. The predicted octanol–water partition coefficient (Wildman–Crippen LogP) is 1.77. The fourth-order valence-corrected chi connectivity index (χ4v) is 2.27. The van der Waals surface area contributed by atoms with Crippen molar-refractivity contribution in [2.45, 2.75) is 44.9 Å². The Balaban J connectivity index is 1.97. The third kappa shape index (κ3) is 6.42. The first-order chi connectivity index (χ1) is 8.72. The second-order valence-electron chi connectivity index (χ2n) is 4.88. The quantitative estimate of drug-likeness (QED) is 0.511. The van der Waals surface area contributed by atoms with Crippen LogP contribution in [0.5, 0.6) is 0 Å². The molecule has 1 rings (SSSR count). The standard InChI is InChI=1S/C14H24N2O2/c1-2-3-8-13(17)15-9-10-16-14(18)11-12-6-4-5-7-12/h2,12H,1,3-11H2,(H,15,17)(H,16,18). The molecule has 0 aliphatic heterocycles. The molecule has 0 heterocycles. The molecule has 1 aliphatic carbocycles.